The molecule has 0 spiro atoms. The van der Waals surface area contributed by atoms with E-state index in [4.69, 9.17) is 4.74 Å². The molecule has 0 fully saturated rings. The van der Waals surface area contributed by atoms with Crippen molar-refractivity contribution in [3.63, 3.8) is 0 Å². The van der Waals surface area contributed by atoms with Crippen molar-refractivity contribution in [2.75, 3.05) is 5.32 Å². The van der Waals surface area contributed by atoms with Crippen LogP contribution in [0.2, 0.25) is 0 Å². The van der Waals surface area contributed by atoms with E-state index in [2.05, 4.69) is 10.3 Å². The molecule has 3 N–H and O–H groups in total. The van der Waals surface area contributed by atoms with Gasteiger partial charge >= 0.3 is 11.9 Å². The monoisotopic (exact) mass is 480 g/mol. The Labute approximate surface area is 206 Å². The van der Waals surface area contributed by atoms with Gasteiger partial charge in [-0.3, -0.25) is 4.79 Å². The molecular weight excluding hydrogens is 460 g/mol. The number of para-hydroxylation sites is 1. The molecule has 0 saturated carbocycles. The van der Waals surface area contributed by atoms with E-state index in [0.717, 1.165) is 0 Å². The SMILES string of the molecule is O=C(Nc1ccc(-c2ccc(N=COc3ccccc3)cc2C(=O)O)c(C(=O)O)c1)c1ccccc1. The fraction of sp³-hybridized carbons (Fsp3) is 0. The van der Waals surface area contributed by atoms with Crippen molar-refractivity contribution >= 4 is 35.6 Å². The van der Waals surface area contributed by atoms with Crippen LogP contribution in [0.4, 0.5) is 11.4 Å². The number of hydrogen-bond donors (Lipinski definition) is 3. The Balaban J connectivity index is 1.63. The summed E-state index contributed by atoms with van der Waals surface area (Å²) in [6.45, 7) is 0. The maximum Gasteiger partial charge on any atom is 0.336 e. The van der Waals surface area contributed by atoms with Crippen molar-refractivity contribution < 1.29 is 29.3 Å². The quantitative estimate of drug-likeness (QED) is 0.218. The van der Waals surface area contributed by atoms with E-state index in [1.807, 2.05) is 6.07 Å². The van der Waals surface area contributed by atoms with Crippen molar-refractivity contribution in [1.82, 2.24) is 0 Å². The lowest BCUT2D eigenvalue weighted by molar-refractivity contribution is 0.0684. The van der Waals surface area contributed by atoms with Gasteiger partial charge in [-0.25, -0.2) is 14.6 Å². The summed E-state index contributed by atoms with van der Waals surface area (Å²) < 4.78 is 5.40. The lowest BCUT2D eigenvalue weighted by Gasteiger charge is -2.13. The normalized spacial score (nSPS) is 10.7. The summed E-state index contributed by atoms with van der Waals surface area (Å²) in [7, 11) is 0. The molecule has 0 aliphatic rings. The Kier molecular flexibility index (Phi) is 7.17. The number of anilines is 1. The number of carbonyl (C=O) groups is 3. The number of benzene rings is 4. The van der Waals surface area contributed by atoms with Crippen LogP contribution in [0, 0.1) is 0 Å². The summed E-state index contributed by atoms with van der Waals surface area (Å²) in [4.78, 5) is 40.6. The smallest absolute Gasteiger partial charge is 0.336 e. The highest BCUT2D eigenvalue weighted by atomic mass is 16.5. The summed E-state index contributed by atoms with van der Waals surface area (Å²) in [5, 5.41) is 22.3. The number of aromatic carboxylic acids is 2. The zero-order valence-electron chi connectivity index (χ0n) is 18.8. The Morgan fingerprint density at radius 3 is 1.94 bits per heavy atom. The minimum Gasteiger partial charge on any atom is -0.478 e. The number of carbonyl (C=O) groups excluding carboxylic acids is 1. The fourth-order valence-corrected chi connectivity index (χ4v) is 3.50. The van der Waals surface area contributed by atoms with Gasteiger partial charge in [0.15, 0.2) is 6.40 Å². The highest BCUT2D eigenvalue weighted by Gasteiger charge is 2.19. The Hall–Kier alpha value is -5.24. The third-order valence-corrected chi connectivity index (χ3v) is 5.20. The van der Waals surface area contributed by atoms with Gasteiger partial charge in [-0.15, -0.1) is 0 Å². The van der Waals surface area contributed by atoms with Crippen molar-refractivity contribution in [2.45, 2.75) is 0 Å². The molecule has 8 heteroatoms. The topological polar surface area (TPSA) is 125 Å². The van der Waals surface area contributed by atoms with Gasteiger partial charge in [0.1, 0.15) is 5.75 Å². The zero-order chi connectivity index (χ0) is 25.5. The van der Waals surface area contributed by atoms with Gasteiger partial charge in [-0.2, -0.15) is 0 Å². The molecule has 0 unspecified atom stereocenters. The van der Waals surface area contributed by atoms with E-state index >= 15 is 0 Å². The van der Waals surface area contributed by atoms with Crippen LogP contribution in [-0.2, 0) is 0 Å². The van der Waals surface area contributed by atoms with Gasteiger partial charge in [-0.1, -0.05) is 48.5 Å². The van der Waals surface area contributed by atoms with Crippen molar-refractivity contribution in [3.05, 3.63) is 114 Å². The average Bonchev–Trinajstić information content (AvgIpc) is 2.89. The number of aliphatic imine (C=N–C) groups is 1. The predicted octanol–water partition coefficient (Wildman–Crippen LogP) is 5.74. The number of rotatable bonds is 8. The van der Waals surface area contributed by atoms with Gasteiger partial charge in [0.2, 0.25) is 0 Å². The molecule has 178 valence electrons. The van der Waals surface area contributed by atoms with E-state index in [1.165, 1.54) is 36.7 Å². The molecule has 0 aliphatic heterocycles. The first-order valence-electron chi connectivity index (χ1n) is 10.8. The maximum atomic E-state index is 12.4. The van der Waals surface area contributed by atoms with E-state index in [1.54, 1.807) is 60.7 Å². The van der Waals surface area contributed by atoms with E-state index < -0.39 is 17.8 Å². The minimum atomic E-state index is -1.27. The summed E-state index contributed by atoms with van der Waals surface area (Å²) in [6, 6.07) is 26.1. The minimum absolute atomic E-state index is 0.132. The maximum absolute atomic E-state index is 12.4. The second kappa shape index (κ2) is 10.8. The molecule has 0 radical (unpaired) electrons. The van der Waals surface area contributed by atoms with Gasteiger partial charge in [0.25, 0.3) is 5.91 Å². The molecule has 0 bridgehead atoms. The lowest BCUT2D eigenvalue weighted by Crippen LogP contribution is -2.12. The summed E-state index contributed by atoms with van der Waals surface area (Å²) >= 11 is 0. The number of carboxylic acids is 2. The van der Waals surface area contributed by atoms with Crippen LogP contribution in [0.3, 0.4) is 0 Å². The fourth-order valence-electron chi connectivity index (χ4n) is 3.50. The van der Waals surface area contributed by atoms with Gasteiger partial charge < -0.3 is 20.3 Å². The molecule has 36 heavy (non-hydrogen) atoms. The second-order valence-corrected chi connectivity index (χ2v) is 7.59. The van der Waals surface area contributed by atoms with Crippen molar-refractivity contribution in [3.8, 4) is 16.9 Å². The summed E-state index contributed by atoms with van der Waals surface area (Å²) in [6.07, 6.45) is 1.20. The molecular formula is C28H20N2O6. The van der Waals surface area contributed by atoms with Crippen LogP contribution >= 0.6 is 0 Å². The predicted molar refractivity (Wildman–Crippen MR) is 135 cm³/mol. The molecule has 0 atom stereocenters. The molecule has 0 aromatic heterocycles. The van der Waals surface area contributed by atoms with Crippen molar-refractivity contribution in [1.29, 1.82) is 0 Å². The first-order valence-corrected chi connectivity index (χ1v) is 10.8. The average molecular weight is 480 g/mol. The Morgan fingerprint density at radius 2 is 1.31 bits per heavy atom. The third kappa shape index (κ3) is 5.63. The molecule has 0 aliphatic carbocycles. The van der Waals surface area contributed by atoms with Gasteiger partial charge in [0.05, 0.1) is 16.8 Å². The second-order valence-electron chi connectivity index (χ2n) is 7.59. The Bertz CT molecular complexity index is 1450. The molecule has 4 aromatic rings. The van der Waals surface area contributed by atoms with Crippen LogP contribution in [0.25, 0.3) is 11.1 Å². The van der Waals surface area contributed by atoms with Crippen molar-refractivity contribution in [2.24, 2.45) is 4.99 Å². The molecule has 8 nitrogen and oxygen atoms in total. The lowest BCUT2D eigenvalue weighted by atomic mass is 9.94. The number of carboxylic acid groups (broad SMARTS) is 2. The number of ether oxygens (including phenoxy) is 1. The third-order valence-electron chi connectivity index (χ3n) is 5.20. The highest BCUT2D eigenvalue weighted by Crippen LogP contribution is 2.32. The number of hydrogen-bond acceptors (Lipinski definition) is 5. The summed E-state index contributed by atoms with van der Waals surface area (Å²) in [5.74, 6) is -2.34. The van der Waals surface area contributed by atoms with E-state index in [0.29, 0.717) is 17.0 Å². The first kappa shape index (κ1) is 23.9. The van der Waals surface area contributed by atoms with Gasteiger partial charge in [-0.05, 0) is 59.7 Å². The largest absolute Gasteiger partial charge is 0.478 e. The number of nitrogens with zero attached hydrogens (tertiary/aromatic N) is 1. The number of nitrogens with one attached hydrogen (secondary N) is 1. The molecule has 0 saturated heterocycles. The van der Waals surface area contributed by atoms with Crippen LogP contribution in [-0.4, -0.2) is 34.5 Å². The molecule has 4 aromatic carbocycles. The molecule has 0 heterocycles. The Morgan fingerprint density at radius 1 is 0.722 bits per heavy atom. The van der Waals surface area contributed by atoms with E-state index in [-0.39, 0.29) is 27.9 Å². The van der Waals surface area contributed by atoms with E-state index in [9.17, 15) is 24.6 Å². The molecule has 4 rings (SSSR count). The van der Waals surface area contributed by atoms with Crippen LogP contribution in [0.1, 0.15) is 31.1 Å². The van der Waals surface area contributed by atoms with Crippen LogP contribution in [0.15, 0.2) is 102 Å². The highest BCUT2D eigenvalue weighted by molar-refractivity contribution is 6.07. The standard InChI is InChI=1S/C28H20N2O6/c31-26(18-7-3-1-4-8-18)30-20-12-14-23(25(16-20)28(34)35)22-13-11-19(15-24(22)27(32)33)29-17-36-21-9-5-2-6-10-21/h1-17H,(H,30,31)(H,32,33)(H,34,35). The van der Waals surface area contributed by atoms with Crippen LogP contribution in [0.5, 0.6) is 5.75 Å². The summed E-state index contributed by atoms with van der Waals surface area (Å²) in [5.41, 5.74) is 1.09. The molecule has 1 amide bonds. The zero-order valence-corrected chi connectivity index (χ0v) is 18.8. The van der Waals surface area contributed by atoms with Crippen LogP contribution < -0.4 is 10.1 Å². The van der Waals surface area contributed by atoms with Gasteiger partial charge in [0, 0.05) is 11.3 Å². The first-order chi connectivity index (χ1) is 17.4. The number of amides is 1.